The van der Waals surface area contributed by atoms with Crippen LogP contribution in [0.4, 0.5) is 8.78 Å². The van der Waals surface area contributed by atoms with Gasteiger partial charge in [-0.05, 0) is 11.6 Å². The minimum atomic E-state index is -0.879. The molecular formula is C10H10F2N2. The van der Waals surface area contributed by atoms with Gasteiger partial charge in [-0.2, -0.15) is 0 Å². The fourth-order valence-electron chi connectivity index (χ4n) is 1.09. The highest BCUT2D eigenvalue weighted by molar-refractivity contribution is 5.22. The summed E-state index contributed by atoms with van der Waals surface area (Å²) in [5, 5.41) is 0. The van der Waals surface area contributed by atoms with E-state index in [1.807, 2.05) is 0 Å². The van der Waals surface area contributed by atoms with Crippen LogP contribution in [0.2, 0.25) is 0 Å². The molecule has 0 spiro atoms. The molecule has 0 aliphatic rings. The van der Waals surface area contributed by atoms with Gasteiger partial charge in [-0.25, -0.2) is 14.2 Å². The number of hydrazine groups is 1. The van der Waals surface area contributed by atoms with Crippen LogP contribution in [0, 0.1) is 24.0 Å². The summed E-state index contributed by atoms with van der Waals surface area (Å²) < 4.78 is 25.9. The Hall–Kier alpha value is -1.44. The summed E-state index contributed by atoms with van der Waals surface area (Å²) in [7, 11) is 0. The lowest BCUT2D eigenvalue weighted by molar-refractivity contribution is 0.492. The molecule has 0 amide bonds. The molecule has 0 aromatic heterocycles. The van der Waals surface area contributed by atoms with Crippen molar-refractivity contribution in [3.05, 3.63) is 35.4 Å². The van der Waals surface area contributed by atoms with Crippen LogP contribution in [-0.2, 0) is 6.42 Å². The van der Waals surface area contributed by atoms with Gasteiger partial charge in [-0.1, -0.05) is 18.1 Å². The van der Waals surface area contributed by atoms with Gasteiger partial charge in [0.25, 0.3) is 0 Å². The van der Waals surface area contributed by atoms with E-state index in [1.54, 1.807) is 0 Å². The number of rotatable bonds is 3. The van der Waals surface area contributed by atoms with Gasteiger partial charge in [0, 0.05) is 6.42 Å². The minimum absolute atomic E-state index is 0.163. The molecule has 1 unspecified atom stereocenters. The van der Waals surface area contributed by atoms with Crippen molar-refractivity contribution in [2.24, 2.45) is 5.84 Å². The first kappa shape index (κ1) is 10.6. The summed E-state index contributed by atoms with van der Waals surface area (Å²) in [4.78, 5) is 0. The highest BCUT2D eigenvalue weighted by Crippen LogP contribution is 2.12. The molecule has 0 bridgehead atoms. The van der Waals surface area contributed by atoms with Crippen LogP contribution in [0.25, 0.3) is 0 Å². The van der Waals surface area contributed by atoms with Crippen molar-refractivity contribution in [1.29, 1.82) is 0 Å². The van der Waals surface area contributed by atoms with Crippen molar-refractivity contribution in [2.45, 2.75) is 12.5 Å². The van der Waals surface area contributed by atoms with E-state index in [1.165, 1.54) is 12.1 Å². The summed E-state index contributed by atoms with van der Waals surface area (Å²) in [6.45, 7) is 0. The zero-order valence-electron chi connectivity index (χ0n) is 7.43. The van der Waals surface area contributed by atoms with E-state index in [9.17, 15) is 8.78 Å². The number of benzene rings is 1. The maximum Gasteiger partial charge on any atom is 0.162 e. The second kappa shape index (κ2) is 4.70. The second-order valence-electron chi connectivity index (χ2n) is 2.80. The number of hydrogen-bond acceptors (Lipinski definition) is 2. The standard InChI is InChI=1S/C10H10F2N2/c1-2-8(14-13)6-7-4-3-5-9(11)10(7)12/h1,3-5,8,14H,6,13H2. The molecule has 0 aliphatic carbocycles. The number of nitrogens with one attached hydrogen (secondary N) is 1. The van der Waals surface area contributed by atoms with Crippen LogP contribution in [0.3, 0.4) is 0 Å². The second-order valence-corrected chi connectivity index (χ2v) is 2.80. The van der Waals surface area contributed by atoms with E-state index in [-0.39, 0.29) is 12.0 Å². The van der Waals surface area contributed by atoms with Gasteiger partial charge in [-0.3, -0.25) is 5.84 Å². The van der Waals surface area contributed by atoms with Crippen molar-refractivity contribution in [1.82, 2.24) is 5.43 Å². The van der Waals surface area contributed by atoms with Crippen molar-refractivity contribution in [3.8, 4) is 12.3 Å². The zero-order chi connectivity index (χ0) is 10.6. The maximum absolute atomic E-state index is 13.1. The van der Waals surface area contributed by atoms with Crippen molar-refractivity contribution in [2.75, 3.05) is 0 Å². The minimum Gasteiger partial charge on any atom is -0.270 e. The molecule has 4 heteroatoms. The van der Waals surface area contributed by atoms with E-state index < -0.39 is 17.7 Å². The van der Waals surface area contributed by atoms with E-state index in [0.717, 1.165) is 6.07 Å². The third-order valence-electron chi connectivity index (χ3n) is 1.86. The average molecular weight is 196 g/mol. The van der Waals surface area contributed by atoms with E-state index in [4.69, 9.17) is 12.3 Å². The molecule has 1 aromatic rings. The molecule has 0 fully saturated rings. The first-order chi connectivity index (χ1) is 6.69. The van der Waals surface area contributed by atoms with Crippen LogP contribution < -0.4 is 11.3 Å². The molecule has 1 aromatic carbocycles. The molecule has 0 saturated heterocycles. The Morgan fingerprint density at radius 1 is 1.50 bits per heavy atom. The first-order valence-corrected chi connectivity index (χ1v) is 4.04. The van der Waals surface area contributed by atoms with Gasteiger partial charge < -0.3 is 0 Å². The molecule has 14 heavy (non-hydrogen) atoms. The van der Waals surface area contributed by atoms with Gasteiger partial charge in [0.05, 0.1) is 6.04 Å². The molecule has 1 rings (SSSR count). The van der Waals surface area contributed by atoms with Crippen LogP contribution >= 0.6 is 0 Å². The summed E-state index contributed by atoms with van der Waals surface area (Å²) in [5.74, 6) is 5.68. The normalized spacial score (nSPS) is 12.1. The Labute approximate surface area is 81.1 Å². The molecule has 0 aliphatic heterocycles. The molecule has 0 radical (unpaired) electrons. The first-order valence-electron chi connectivity index (χ1n) is 4.04. The summed E-state index contributed by atoms with van der Waals surface area (Å²) in [6.07, 6.45) is 5.27. The van der Waals surface area contributed by atoms with Crippen molar-refractivity contribution in [3.63, 3.8) is 0 Å². The highest BCUT2D eigenvalue weighted by atomic mass is 19.2. The largest absolute Gasteiger partial charge is 0.270 e. The monoisotopic (exact) mass is 196 g/mol. The van der Waals surface area contributed by atoms with Crippen LogP contribution in [0.15, 0.2) is 18.2 Å². The quantitative estimate of drug-likeness (QED) is 0.429. The van der Waals surface area contributed by atoms with Crippen LogP contribution in [-0.4, -0.2) is 6.04 Å². The number of halogens is 2. The van der Waals surface area contributed by atoms with Crippen molar-refractivity contribution < 1.29 is 8.78 Å². The molecule has 3 N–H and O–H groups in total. The Bertz CT molecular complexity index is 358. The van der Waals surface area contributed by atoms with E-state index in [0.29, 0.717) is 0 Å². The average Bonchev–Trinajstić information content (AvgIpc) is 2.20. The van der Waals surface area contributed by atoms with E-state index in [2.05, 4.69) is 11.3 Å². The summed E-state index contributed by atoms with van der Waals surface area (Å²) in [6, 6.07) is 3.46. The van der Waals surface area contributed by atoms with Gasteiger partial charge in [0.2, 0.25) is 0 Å². The fourth-order valence-corrected chi connectivity index (χ4v) is 1.09. The fraction of sp³-hybridized carbons (Fsp3) is 0.200. The topological polar surface area (TPSA) is 38.0 Å². The maximum atomic E-state index is 13.1. The molecule has 0 saturated carbocycles. The molecule has 2 nitrogen and oxygen atoms in total. The van der Waals surface area contributed by atoms with Gasteiger partial charge >= 0.3 is 0 Å². The lowest BCUT2D eigenvalue weighted by Gasteiger charge is -2.09. The molecule has 0 heterocycles. The van der Waals surface area contributed by atoms with Gasteiger partial charge in [0.15, 0.2) is 11.6 Å². The molecule has 74 valence electrons. The SMILES string of the molecule is C#CC(Cc1cccc(F)c1F)NN. The Morgan fingerprint density at radius 2 is 2.21 bits per heavy atom. The van der Waals surface area contributed by atoms with Crippen LogP contribution in [0.5, 0.6) is 0 Å². The number of nitrogens with two attached hydrogens (primary N) is 1. The predicted molar refractivity (Wildman–Crippen MR) is 50.0 cm³/mol. The molecular weight excluding hydrogens is 186 g/mol. The summed E-state index contributed by atoms with van der Waals surface area (Å²) in [5.41, 5.74) is 2.54. The Balaban J connectivity index is 2.87. The van der Waals surface area contributed by atoms with E-state index >= 15 is 0 Å². The number of terminal acetylenes is 1. The predicted octanol–water partition coefficient (Wildman–Crippen LogP) is 0.972. The summed E-state index contributed by atoms with van der Waals surface area (Å²) >= 11 is 0. The number of hydrogen-bond donors (Lipinski definition) is 2. The lowest BCUT2D eigenvalue weighted by Crippen LogP contribution is -2.35. The molecule has 1 atom stereocenters. The zero-order valence-corrected chi connectivity index (χ0v) is 7.43. The Morgan fingerprint density at radius 3 is 2.79 bits per heavy atom. The third-order valence-corrected chi connectivity index (χ3v) is 1.86. The van der Waals surface area contributed by atoms with Crippen LogP contribution in [0.1, 0.15) is 5.56 Å². The van der Waals surface area contributed by atoms with Gasteiger partial charge in [0.1, 0.15) is 0 Å². The third kappa shape index (κ3) is 2.28. The lowest BCUT2D eigenvalue weighted by atomic mass is 10.1. The highest BCUT2D eigenvalue weighted by Gasteiger charge is 2.11. The smallest absolute Gasteiger partial charge is 0.162 e. The van der Waals surface area contributed by atoms with Crippen molar-refractivity contribution >= 4 is 0 Å². The van der Waals surface area contributed by atoms with Gasteiger partial charge in [-0.15, -0.1) is 6.42 Å². The Kier molecular flexibility index (Phi) is 3.57.